The zero-order chi connectivity index (χ0) is 18.2. The Labute approximate surface area is 161 Å². The van der Waals surface area contributed by atoms with Crippen molar-refractivity contribution in [2.24, 2.45) is 0 Å². The molecule has 27 heavy (non-hydrogen) atoms. The summed E-state index contributed by atoms with van der Waals surface area (Å²) in [6.07, 6.45) is 8.62. The molecule has 1 N–H and O–H groups in total. The van der Waals surface area contributed by atoms with Gasteiger partial charge in [0.15, 0.2) is 0 Å². The highest BCUT2D eigenvalue weighted by Crippen LogP contribution is 2.31. The van der Waals surface area contributed by atoms with Gasteiger partial charge in [-0.2, -0.15) is 0 Å². The van der Waals surface area contributed by atoms with Gasteiger partial charge in [-0.25, -0.2) is 0 Å². The second kappa shape index (κ2) is 7.12. The maximum Gasteiger partial charge on any atom is 0.251 e. The molecular formula is C24H28N2O. The number of likely N-dealkylation sites (tertiary alicyclic amines) is 1. The lowest BCUT2D eigenvalue weighted by atomic mass is 9.85. The van der Waals surface area contributed by atoms with Crippen molar-refractivity contribution in [3.8, 4) is 11.1 Å². The lowest BCUT2D eigenvalue weighted by molar-refractivity contribution is 0.0951. The van der Waals surface area contributed by atoms with Gasteiger partial charge in [-0.1, -0.05) is 30.3 Å². The molecule has 0 aromatic heterocycles. The first-order valence-corrected chi connectivity index (χ1v) is 10.5. The molecule has 1 atom stereocenters. The molecule has 1 unspecified atom stereocenters. The third-order valence-electron chi connectivity index (χ3n) is 6.44. The quantitative estimate of drug-likeness (QED) is 0.886. The molecule has 1 amide bonds. The highest BCUT2D eigenvalue weighted by molar-refractivity contribution is 5.95. The van der Waals surface area contributed by atoms with Gasteiger partial charge in [0.1, 0.15) is 0 Å². The Kier molecular flexibility index (Phi) is 4.48. The van der Waals surface area contributed by atoms with E-state index in [0.29, 0.717) is 6.04 Å². The van der Waals surface area contributed by atoms with Gasteiger partial charge in [0, 0.05) is 17.6 Å². The summed E-state index contributed by atoms with van der Waals surface area (Å²) in [6.45, 7) is 2.57. The van der Waals surface area contributed by atoms with E-state index in [1.807, 2.05) is 18.2 Å². The fraction of sp³-hybridized carbons (Fsp3) is 0.458. The van der Waals surface area contributed by atoms with Gasteiger partial charge in [0.25, 0.3) is 5.91 Å². The van der Waals surface area contributed by atoms with Crippen molar-refractivity contribution in [2.75, 3.05) is 13.1 Å². The number of nitrogens with zero attached hydrogens (tertiary/aromatic N) is 1. The molecule has 1 heterocycles. The molecule has 2 aromatic carbocycles. The predicted molar refractivity (Wildman–Crippen MR) is 109 cm³/mol. The maximum absolute atomic E-state index is 12.4. The van der Waals surface area contributed by atoms with Gasteiger partial charge in [-0.3, -0.25) is 4.79 Å². The number of fused-ring (bicyclic) bond motifs is 1. The Morgan fingerprint density at radius 1 is 0.926 bits per heavy atom. The van der Waals surface area contributed by atoms with Crippen molar-refractivity contribution in [3.63, 3.8) is 0 Å². The van der Waals surface area contributed by atoms with E-state index in [2.05, 4.69) is 34.5 Å². The van der Waals surface area contributed by atoms with Gasteiger partial charge in [-0.05, 0) is 92.4 Å². The summed E-state index contributed by atoms with van der Waals surface area (Å²) in [5, 5.41) is 3.09. The fourth-order valence-electron chi connectivity index (χ4n) is 4.67. The normalized spacial score (nSPS) is 22.4. The van der Waals surface area contributed by atoms with Crippen molar-refractivity contribution in [1.82, 2.24) is 10.2 Å². The van der Waals surface area contributed by atoms with E-state index in [-0.39, 0.29) is 5.91 Å². The Balaban J connectivity index is 1.35. The molecule has 2 aromatic rings. The summed E-state index contributed by atoms with van der Waals surface area (Å²) in [4.78, 5) is 15.1. The summed E-state index contributed by atoms with van der Waals surface area (Å²) in [7, 11) is 0. The van der Waals surface area contributed by atoms with Crippen LogP contribution < -0.4 is 5.32 Å². The van der Waals surface area contributed by atoms with Crippen LogP contribution in [-0.4, -0.2) is 36.0 Å². The fourth-order valence-corrected chi connectivity index (χ4v) is 4.67. The number of carbonyl (C=O) groups excluding carboxylic acids is 1. The van der Waals surface area contributed by atoms with E-state index < -0.39 is 0 Å². The van der Waals surface area contributed by atoms with Crippen LogP contribution in [0.3, 0.4) is 0 Å². The number of amides is 1. The molecule has 0 bridgehead atoms. The molecule has 140 valence electrons. The minimum Gasteiger partial charge on any atom is -0.349 e. The van der Waals surface area contributed by atoms with Crippen molar-refractivity contribution in [3.05, 3.63) is 59.2 Å². The monoisotopic (exact) mass is 360 g/mol. The first-order chi connectivity index (χ1) is 13.3. The lowest BCUT2D eigenvalue weighted by Gasteiger charge is -2.32. The van der Waals surface area contributed by atoms with Crippen LogP contribution in [0.2, 0.25) is 0 Å². The maximum atomic E-state index is 12.4. The summed E-state index contributed by atoms with van der Waals surface area (Å²) in [5.41, 5.74) is 6.16. The molecule has 2 aliphatic carbocycles. The van der Waals surface area contributed by atoms with Crippen LogP contribution in [0.4, 0.5) is 0 Å². The Morgan fingerprint density at radius 2 is 1.74 bits per heavy atom. The minimum atomic E-state index is 0.0609. The van der Waals surface area contributed by atoms with Gasteiger partial charge >= 0.3 is 0 Å². The SMILES string of the molecule is O=C(NC1CC1)c1cccc(-c2ccc3c(c2)CCC(N2CCCC2)C3)c1. The summed E-state index contributed by atoms with van der Waals surface area (Å²) < 4.78 is 0. The minimum absolute atomic E-state index is 0.0609. The van der Waals surface area contributed by atoms with Crippen LogP contribution in [0, 0.1) is 0 Å². The van der Waals surface area contributed by atoms with E-state index in [0.717, 1.165) is 30.0 Å². The highest BCUT2D eigenvalue weighted by atomic mass is 16.1. The summed E-state index contributed by atoms with van der Waals surface area (Å²) >= 11 is 0. The van der Waals surface area contributed by atoms with Crippen molar-refractivity contribution >= 4 is 5.91 Å². The molecule has 1 saturated heterocycles. The zero-order valence-electron chi connectivity index (χ0n) is 15.9. The zero-order valence-corrected chi connectivity index (χ0v) is 15.9. The van der Waals surface area contributed by atoms with Gasteiger partial charge < -0.3 is 10.2 Å². The number of nitrogens with one attached hydrogen (secondary N) is 1. The Morgan fingerprint density at radius 3 is 2.56 bits per heavy atom. The summed E-state index contributed by atoms with van der Waals surface area (Å²) in [5.74, 6) is 0.0609. The molecule has 1 saturated carbocycles. The molecule has 5 rings (SSSR count). The van der Waals surface area contributed by atoms with Crippen LogP contribution in [-0.2, 0) is 12.8 Å². The molecule has 3 aliphatic rings. The van der Waals surface area contributed by atoms with Gasteiger partial charge in [-0.15, -0.1) is 0 Å². The van der Waals surface area contributed by atoms with Crippen molar-refractivity contribution in [1.29, 1.82) is 0 Å². The number of carbonyl (C=O) groups is 1. The number of hydrogen-bond acceptors (Lipinski definition) is 2. The van der Waals surface area contributed by atoms with Crippen molar-refractivity contribution < 1.29 is 4.79 Å². The second-order valence-electron chi connectivity index (χ2n) is 8.45. The average molecular weight is 361 g/mol. The standard InChI is InChI=1S/C24H28N2O/c27-24(25-22-9-10-22)21-5-3-4-17(15-21)18-6-7-20-16-23(11-8-19(20)14-18)26-12-1-2-13-26/h3-7,14-15,22-23H,1-2,8-13,16H2,(H,25,27). The third-order valence-corrected chi connectivity index (χ3v) is 6.44. The molecule has 0 spiro atoms. The largest absolute Gasteiger partial charge is 0.349 e. The number of hydrogen-bond donors (Lipinski definition) is 1. The number of benzene rings is 2. The summed E-state index contributed by atoms with van der Waals surface area (Å²) in [6, 6.07) is 16.1. The van der Waals surface area contributed by atoms with Gasteiger partial charge in [0.2, 0.25) is 0 Å². The Bertz CT molecular complexity index is 849. The molecule has 2 fully saturated rings. The van der Waals surface area contributed by atoms with E-state index in [1.165, 1.54) is 61.9 Å². The third kappa shape index (κ3) is 3.66. The Hall–Kier alpha value is -2.13. The van der Waals surface area contributed by atoms with E-state index in [4.69, 9.17) is 0 Å². The van der Waals surface area contributed by atoms with E-state index >= 15 is 0 Å². The van der Waals surface area contributed by atoms with Crippen LogP contribution in [0.15, 0.2) is 42.5 Å². The first-order valence-electron chi connectivity index (χ1n) is 10.5. The second-order valence-corrected chi connectivity index (χ2v) is 8.45. The van der Waals surface area contributed by atoms with Crippen molar-refractivity contribution in [2.45, 2.75) is 57.0 Å². The molecule has 0 radical (unpaired) electrons. The van der Waals surface area contributed by atoms with Gasteiger partial charge in [0.05, 0.1) is 0 Å². The first kappa shape index (κ1) is 17.0. The molecule has 1 aliphatic heterocycles. The molecule has 3 nitrogen and oxygen atoms in total. The van der Waals surface area contributed by atoms with E-state index in [1.54, 1.807) is 0 Å². The van der Waals surface area contributed by atoms with Crippen LogP contribution >= 0.6 is 0 Å². The topological polar surface area (TPSA) is 32.3 Å². The molecular weight excluding hydrogens is 332 g/mol. The number of rotatable bonds is 4. The predicted octanol–water partition coefficient (Wildman–Crippen LogP) is 4.20. The van der Waals surface area contributed by atoms with Crippen LogP contribution in [0.5, 0.6) is 0 Å². The number of aryl methyl sites for hydroxylation is 1. The highest BCUT2D eigenvalue weighted by Gasteiger charge is 2.26. The smallest absolute Gasteiger partial charge is 0.251 e. The van der Waals surface area contributed by atoms with E-state index in [9.17, 15) is 4.79 Å². The molecule has 3 heteroatoms. The van der Waals surface area contributed by atoms with Crippen LogP contribution in [0.1, 0.15) is 53.6 Å². The van der Waals surface area contributed by atoms with Crippen LogP contribution in [0.25, 0.3) is 11.1 Å². The lowest BCUT2D eigenvalue weighted by Crippen LogP contribution is -2.37. The average Bonchev–Trinajstić information content (AvgIpc) is 3.35.